The van der Waals surface area contributed by atoms with Gasteiger partial charge in [0, 0.05) is 42.9 Å². The number of hydrogen-bond acceptors (Lipinski definition) is 5. The molecule has 3 aliphatic heterocycles. The van der Waals surface area contributed by atoms with Crippen LogP contribution in [0.5, 0.6) is 11.5 Å². The van der Waals surface area contributed by atoms with E-state index in [1.807, 2.05) is 30.3 Å². The molecule has 0 unspecified atom stereocenters. The molecular formula is C22H24ClN3O2. The van der Waals surface area contributed by atoms with Crippen LogP contribution in [0.15, 0.2) is 47.6 Å². The fraction of sp³-hybridized carbons (Fsp3) is 0.409. The molecule has 1 atom stereocenters. The van der Waals surface area contributed by atoms with E-state index in [1.54, 1.807) is 7.11 Å². The van der Waals surface area contributed by atoms with Crippen molar-refractivity contribution in [2.75, 3.05) is 27.2 Å². The van der Waals surface area contributed by atoms with Crippen molar-refractivity contribution < 1.29 is 9.47 Å². The van der Waals surface area contributed by atoms with Gasteiger partial charge in [0.1, 0.15) is 11.5 Å². The molecule has 1 spiro atoms. The minimum absolute atomic E-state index is 0.156. The average molecular weight is 398 g/mol. The maximum atomic E-state index is 6.61. The van der Waals surface area contributed by atoms with E-state index in [9.17, 15) is 0 Å². The summed E-state index contributed by atoms with van der Waals surface area (Å²) in [5.41, 5.74) is 2.96. The van der Waals surface area contributed by atoms with E-state index in [2.05, 4.69) is 29.1 Å². The first-order valence-corrected chi connectivity index (χ1v) is 10.1. The molecule has 1 saturated heterocycles. The predicted octanol–water partition coefficient (Wildman–Crippen LogP) is 4.31. The van der Waals surface area contributed by atoms with Crippen molar-refractivity contribution in [1.82, 2.24) is 9.91 Å². The van der Waals surface area contributed by atoms with E-state index in [0.29, 0.717) is 0 Å². The molecule has 0 radical (unpaired) electrons. The molecule has 2 aromatic carbocycles. The first-order chi connectivity index (χ1) is 13.6. The number of rotatable bonds is 2. The summed E-state index contributed by atoms with van der Waals surface area (Å²) in [5, 5.41) is 8.05. The zero-order valence-corrected chi connectivity index (χ0v) is 16.9. The number of nitrogens with zero attached hydrogens (tertiary/aromatic N) is 3. The summed E-state index contributed by atoms with van der Waals surface area (Å²) < 4.78 is 11.9. The van der Waals surface area contributed by atoms with Crippen LogP contribution >= 0.6 is 11.6 Å². The smallest absolute Gasteiger partial charge is 0.200 e. The van der Waals surface area contributed by atoms with Crippen LogP contribution < -0.4 is 9.47 Å². The predicted molar refractivity (Wildman–Crippen MR) is 110 cm³/mol. The fourth-order valence-corrected chi connectivity index (χ4v) is 4.69. The van der Waals surface area contributed by atoms with Gasteiger partial charge < -0.3 is 14.4 Å². The van der Waals surface area contributed by atoms with Crippen molar-refractivity contribution in [3.8, 4) is 11.5 Å². The van der Waals surface area contributed by atoms with E-state index < -0.39 is 0 Å². The number of halogens is 1. The lowest BCUT2D eigenvalue weighted by Gasteiger charge is -2.50. The number of methoxy groups -OCH3 is 1. The van der Waals surface area contributed by atoms with Gasteiger partial charge in [-0.1, -0.05) is 11.6 Å². The van der Waals surface area contributed by atoms with Gasteiger partial charge in [-0.15, -0.1) is 0 Å². The summed E-state index contributed by atoms with van der Waals surface area (Å²) in [7, 11) is 3.85. The topological polar surface area (TPSA) is 37.3 Å². The van der Waals surface area contributed by atoms with Crippen molar-refractivity contribution in [2.45, 2.75) is 31.0 Å². The van der Waals surface area contributed by atoms with Crippen LogP contribution in [-0.2, 0) is 0 Å². The third-order valence-corrected chi connectivity index (χ3v) is 6.39. The van der Waals surface area contributed by atoms with Crippen LogP contribution in [0.25, 0.3) is 0 Å². The standard InChI is InChI=1S/C22H24ClN3O2/c1-25-11-9-22(10-12-25)26-20(18-13-16(23)5-8-21(18)28-22)14-19(24-26)15-3-6-17(27-2)7-4-15/h3-8,13,20H,9-12,14H2,1-2H3/t20-/m0/s1. The molecule has 1 fully saturated rings. The van der Waals surface area contributed by atoms with Crippen molar-refractivity contribution in [2.24, 2.45) is 5.10 Å². The Bertz CT molecular complexity index is 920. The van der Waals surface area contributed by atoms with Crippen molar-refractivity contribution in [3.05, 3.63) is 58.6 Å². The van der Waals surface area contributed by atoms with Gasteiger partial charge in [0.2, 0.25) is 5.72 Å². The Balaban J connectivity index is 1.56. The zero-order valence-electron chi connectivity index (χ0n) is 16.2. The Hall–Kier alpha value is -2.24. The van der Waals surface area contributed by atoms with Gasteiger partial charge >= 0.3 is 0 Å². The molecule has 0 aliphatic carbocycles. The van der Waals surface area contributed by atoms with Gasteiger partial charge in [-0.2, -0.15) is 5.10 Å². The Labute approximate surface area is 170 Å². The van der Waals surface area contributed by atoms with Crippen LogP contribution in [-0.4, -0.2) is 48.6 Å². The molecule has 5 rings (SSSR count). The number of fused-ring (bicyclic) bond motifs is 4. The van der Waals surface area contributed by atoms with Crippen molar-refractivity contribution in [1.29, 1.82) is 0 Å². The molecular weight excluding hydrogens is 374 g/mol. The lowest BCUT2D eigenvalue weighted by atomic mass is 9.91. The molecule has 0 N–H and O–H groups in total. The van der Waals surface area contributed by atoms with Crippen LogP contribution in [0.2, 0.25) is 5.02 Å². The first kappa shape index (κ1) is 17.8. The Morgan fingerprint density at radius 1 is 1.14 bits per heavy atom. The van der Waals surface area contributed by atoms with E-state index in [0.717, 1.165) is 65.7 Å². The zero-order chi connectivity index (χ0) is 19.3. The number of likely N-dealkylation sites (tertiary alicyclic amines) is 1. The highest BCUT2D eigenvalue weighted by Crippen LogP contribution is 2.50. The molecule has 3 heterocycles. The summed E-state index contributed by atoms with van der Waals surface area (Å²) in [5.74, 6) is 1.80. The monoisotopic (exact) mass is 397 g/mol. The quantitative estimate of drug-likeness (QED) is 0.756. The third-order valence-electron chi connectivity index (χ3n) is 6.15. The highest BCUT2D eigenvalue weighted by molar-refractivity contribution is 6.30. The molecule has 28 heavy (non-hydrogen) atoms. The lowest BCUT2D eigenvalue weighted by molar-refractivity contribution is -0.147. The Morgan fingerprint density at radius 3 is 2.61 bits per heavy atom. The average Bonchev–Trinajstić information content (AvgIpc) is 3.18. The molecule has 0 bridgehead atoms. The van der Waals surface area contributed by atoms with Gasteiger partial charge in [-0.25, -0.2) is 5.01 Å². The number of hydrazone groups is 1. The fourth-order valence-electron chi connectivity index (χ4n) is 4.51. The summed E-state index contributed by atoms with van der Waals surface area (Å²) in [4.78, 5) is 2.35. The summed E-state index contributed by atoms with van der Waals surface area (Å²) in [6, 6.07) is 14.3. The van der Waals surface area contributed by atoms with Gasteiger partial charge in [-0.3, -0.25) is 0 Å². The highest BCUT2D eigenvalue weighted by atomic mass is 35.5. The normalized spacial score (nSPS) is 23.0. The molecule has 0 amide bonds. The Kier molecular flexibility index (Phi) is 4.25. The maximum absolute atomic E-state index is 6.61. The molecule has 6 heteroatoms. The van der Waals surface area contributed by atoms with Gasteiger partial charge in [-0.05, 0) is 55.1 Å². The molecule has 0 saturated carbocycles. The summed E-state index contributed by atoms with van der Waals surface area (Å²) in [6.45, 7) is 2.00. The van der Waals surface area contributed by atoms with Crippen molar-refractivity contribution >= 4 is 17.3 Å². The minimum Gasteiger partial charge on any atom is -0.497 e. The highest BCUT2D eigenvalue weighted by Gasteiger charge is 2.51. The molecule has 3 aliphatic rings. The van der Waals surface area contributed by atoms with Crippen LogP contribution in [0, 0.1) is 0 Å². The van der Waals surface area contributed by atoms with Gasteiger partial charge in [0.05, 0.1) is 18.9 Å². The number of hydrogen-bond donors (Lipinski definition) is 0. The Morgan fingerprint density at radius 2 is 1.89 bits per heavy atom. The number of piperidine rings is 1. The number of ether oxygens (including phenoxy) is 2. The third kappa shape index (κ3) is 2.85. The SMILES string of the molecule is COc1ccc(C2=NN3[C@@H](C2)c2cc(Cl)ccc2OC32CCN(C)CC2)cc1. The van der Waals surface area contributed by atoms with Gasteiger partial charge in [0.25, 0.3) is 0 Å². The molecule has 0 aromatic heterocycles. The first-order valence-electron chi connectivity index (χ1n) is 9.76. The van der Waals surface area contributed by atoms with E-state index >= 15 is 0 Å². The molecule has 2 aromatic rings. The second kappa shape index (κ2) is 6.68. The van der Waals surface area contributed by atoms with E-state index in [-0.39, 0.29) is 11.8 Å². The second-order valence-electron chi connectivity index (χ2n) is 7.87. The lowest BCUT2D eigenvalue weighted by Crippen LogP contribution is -2.58. The number of benzene rings is 2. The van der Waals surface area contributed by atoms with E-state index in [4.69, 9.17) is 26.2 Å². The maximum Gasteiger partial charge on any atom is 0.200 e. The summed E-state index contributed by atoms with van der Waals surface area (Å²) in [6.07, 6.45) is 2.71. The van der Waals surface area contributed by atoms with Gasteiger partial charge in [0.15, 0.2) is 0 Å². The largest absolute Gasteiger partial charge is 0.497 e. The van der Waals surface area contributed by atoms with Crippen molar-refractivity contribution in [3.63, 3.8) is 0 Å². The molecule has 5 nitrogen and oxygen atoms in total. The van der Waals surface area contributed by atoms with Crippen LogP contribution in [0.3, 0.4) is 0 Å². The van der Waals surface area contributed by atoms with Crippen LogP contribution in [0.1, 0.15) is 36.4 Å². The van der Waals surface area contributed by atoms with Crippen LogP contribution in [0.4, 0.5) is 0 Å². The summed E-state index contributed by atoms with van der Waals surface area (Å²) >= 11 is 6.32. The van der Waals surface area contributed by atoms with E-state index in [1.165, 1.54) is 0 Å². The minimum atomic E-state index is -0.383. The molecule has 146 valence electrons. The second-order valence-corrected chi connectivity index (χ2v) is 8.31.